The molecule has 2 heterocycles. The van der Waals surface area contributed by atoms with Crippen molar-refractivity contribution in [2.45, 2.75) is 38.1 Å². The lowest BCUT2D eigenvalue weighted by atomic mass is 9.79. The molecule has 4 heteroatoms. The first kappa shape index (κ1) is 15.7. The van der Waals surface area contributed by atoms with Crippen LogP contribution in [0.15, 0.2) is 0 Å². The molecular weight excluding hydrogens is 262 g/mol. The summed E-state index contributed by atoms with van der Waals surface area (Å²) >= 11 is 0. The fourth-order valence-electron chi connectivity index (χ4n) is 4.10. The second-order valence-corrected chi connectivity index (χ2v) is 7.88. The van der Waals surface area contributed by atoms with Crippen molar-refractivity contribution in [3.05, 3.63) is 0 Å². The summed E-state index contributed by atoms with van der Waals surface area (Å²) in [5.74, 6) is 0.869. The van der Waals surface area contributed by atoms with Crippen molar-refractivity contribution < 1.29 is 4.74 Å². The quantitative estimate of drug-likeness (QED) is 0.769. The van der Waals surface area contributed by atoms with Gasteiger partial charge in [0.2, 0.25) is 0 Å². The van der Waals surface area contributed by atoms with Crippen LogP contribution in [-0.4, -0.2) is 75.9 Å². The zero-order valence-electron chi connectivity index (χ0n) is 13.9. The average molecular weight is 295 g/mol. The molecule has 0 aromatic rings. The maximum absolute atomic E-state index is 5.62. The Hall–Kier alpha value is -0.160. The second kappa shape index (κ2) is 6.95. The molecule has 0 bridgehead atoms. The molecule has 0 radical (unpaired) electrons. The van der Waals surface area contributed by atoms with Gasteiger partial charge in [-0.2, -0.15) is 0 Å². The Labute approximate surface area is 130 Å². The van der Waals surface area contributed by atoms with Gasteiger partial charge in [-0.3, -0.25) is 0 Å². The molecule has 0 spiro atoms. The van der Waals surface area contributed by atoms with E-state index in [9.17, 15) is 0 Å². The number of hydrogen-bond donors (Lipinski definition) is 1. The molecular formula is C17H33N3O. The van der Waals surface area contributed by atoms with Gasteiger partial charge in [-0.1, -0.05) is 0 Å². The number of ether oxygens (including phenoxy) is 1. The van der Waals surface area contributed by atoms with Gasteiger partial charge in [0.15, 0.2) is 0 Å². The van der Waals surface area contributed by atoms with Gasteiger partial charge in [0.1, 0.15) is 0 Å². The number of nitrogens with one attached hydrogen (secondary N) is 1. The Balaban J connectivity index is 1.49. The highest BCUT2D eigenvalue weighted by Gasteiger charge is 2.36. The lowest BCUT2D eigenvalue weighted by Gasteiger charge is -2.41. The van der Waals surface area contributed by atoms with E-state index in [0.29, 0.717) is 5.41 Å². The molecule has 1 N–H and O–H groups in total. The summed E-state index contributed by atoms with van der Waals surface area (Å²) in [6.07, 6.45) is 6.59. The van der Waals surface area contributed by atoms with Crippen LogP contribution in [0.3, 0.4) is 0 Å². The molecule has 122 valence electrons. The Kier molecular flexibility index (Phi) is 5.20. The van der Waals surface area contributed by atoms with E-state index in [1.165, 1.54) is 64.8 Å². The van der Waals surface area contributed by atoms with Crippen molar-refractivity contribution in [1.29, 1.82) is 0 Å². The van der Waals surface area contributed by atoms with Crippen LogP contribution in [0.4, 0.5) is 0 Å². The first-order chi connectivity index (χ1) is 10.2. The van der Waals surface area contributed by atoms with Crippen molar-refractivity contribution in [3.8, 4) is 0 Å². The van der Waals surface area contributed by atoms with Gasteiger partial charge < -0.3 is 19.9 Å². The lowest BCUT2D eigenvalue weighted by Crippen LogP contribution is -2.47. The monoisotopic (exact) mass is 295 g/mol. The van der Waals surface area contributed by atoms with Gasteiger partial charge in [-0.25, -0.2) is 0 Å². The highest BCUT2D eigenvalue weighted by Crippen LogP contribution is 2.32. The Morgan fingerprint density at radius 1 is 1.24 bits per heavy atom. The molecule has 2 aliphatic heterocycles. The smallest absolute Gasteiger partial charge is 0.0472 e. The second-order valence-electron chi connectivity index (χ2n) is 7.88. The van der Waals surface area contributed by atoms with Crippen LogP contribution in [0, 0.1) is 11.3 Å². The highest BCUT2D eigenvalue weighted by atomic mass is 16.5. The molecule has 1 saturated carbocycles. The van der Waals surface area contributed by atoms with E-state index in [0.717, 1.165) is 25.2 Å². The van der Waals surface area contributed by atoms with Crippen molar-refractivity contribution >= 4 is 0 Å². The largest absolute Gasteiger partial charge is 0.381 e. The zero-order valence-corrected chi connectivity index (χ0v) is 13.9. The summed E-state index contributed by atoms with van der Waals surface area (Å²) in [7, 11) is 4.58. The number of hydrogen-bond acceptors (Lipinski definition) is 4. The van der Waals surface area contributed by atoms with E-state index in [1.54, 1.807) is 0 Å². The minimum atomic E-state index is 0.445. The fourth-order valence-corrected chi connectivity index (χ4v) is 4.10. The Morgan fingerprint density at radius 2 is 2.00 bits per heavy atom. The van der Waals surface area contributed by atoms with Gasteiger partial charge in [-0.05, 0) is 64.1 Å². The third-order valence-corrected chi connectivity index (χ3v) is 5.56. The molecule has 3 aliphatic rings. The third-order valence-electron chi connectivity index (χ3n) is 5.56. The number of nitrogens with zero attached hydrogens (tertiary/aromatic N) is 2. The van der Waals surface area contributed by atoms with Crippen LogP contribution >= 0.6 is 0 Å². The van der Waals surface area contributed by atoms with Gasteiger partial charge in [0, 0.05) is 45.4 Å². The Bertz CT molecular complexity index is 326. The van der Waals surface area contributed by atoms with E-state index >= 15 is 0 Å². The summed E-state index contributed by atoms with van der Waals surface area (Å²) in [5, 5.41) is 3.78. The summed E-state index contributed by atoms with van der Waals surface area (Å²) in [4.78, 5) is 5.07. The number of rotatable bonds is 7. The molecule has 3 fully saturated rings. The minimum Gasteiger partial charge on any atom is -0.381 e. The molecule has 1 atom stereocenters. The van der Waals surface area contributed by atoms with Crippen molar-refractivity contribution in [3.63, 3.8) is 0 Å². The van der Waals surface area contributed by atoms with Crippen molar-refractivity contribution in [1.82, 2.24) is 15.1 Å². The number of likely N-dealkylation sites (tertiary alicyclic amines) is 1. The van der Waals surface area contributed by atoms with E-state index in [-0.39, 0.29) is 0 Å². The van der Waals surface area contributed by atoms with Gasteiger partial charge in [0.25, 0.3) is 0 Å². The summed E-state index contributed by atoms with van der Waals surface area (Å²) in [6.45, 7) is 8.14. The molecule has 4 nitrogen and oxygen atoms in total. The molecule has 0 aromatic heterocycles. The van der Waals surface area contributed by atoms with Gasteiger partial charge in [0.05, 0.1) is 0 Å². The average Bonchev–Trinajstić information content (AvgIpc) is 3.21. The molecule has 1 aliphatic carbocycles. The molecule has 0 amide bonds. The fraction of sp³-hybridized carbons (Fsp3) is 1.00. The Morgan fingerprint density at radius 3 is 2.62 bits per heavy atom. The first-order valence-corrected chi connectivity index (χ1v) is 8.83. The van der Waals surface area contributed by atoms with Crippen LogP contribution < -0.4 is 5.32 Å². The topological polar surface area (TPSA) is 27.7 Å². The van der Waals surface area contributed by atoms with Crippen molar-refractivity contribution in [2.75, 3.05) is 60.0 Å². The maximum Gasteiger partial charge on any atom is 0.0472 e. The van der Waals surface area contributed by atoms with Gasteiger partial charge >= 0.3 is 0 Å². The van der Waals surface area contributed by atoms with E-state index in [2.05, 4.69) is 29.2 Å². The van der Waals surface area contributed by atoms with Crippen LogP contribution in [0.25, 0.3) is 0 Å². The van der Waals surface area contributed by atoms with E-state index in [1.807, 2.05) is 0 Å². The van der Waals surface area contributed by atoms with E-state index < -0.39 is 0 Å². The molecule has 0 aromatic carbocycles. The predicted molar refractivity (Wildman–Crippen MR) is 86.6 cm³/mol. The molecule has 21 heavy (non-hydrogen) atoms. The SMILES string of the molecule is CN1CCC(CN(C)CC2(CNC3CC3)CCOCC2)C1. The van der Waals surface area contributed by atoms with E-state index in [4.69, 9.17) is 4.74 Å². The molecule has 2 saturated heterocycles. The summed E-state index contributed by atoms with van der Waals surface area (Å²) in [5.41, 5.74) is 0.445. The third kappa shape index (κ3) is 4.65. The maximum atomic E-state index is 5.62. The van der Waals surface area contributed by atoms with Crippen LogP contribution in [0.1, 0.15) is 32.1 Å². The van der Waals surface area contributed by atoms with Crippen LogP contribution in [-0.2, 0) is 4.74 Å². The highest BCUT2D eigenvalue weighted by molar-refractivity contribution is 4.91. The van der Waals surface area contributed by atoms with Crippen molar-refractivity contribution in [2.24, 2.45) is 11.3 Å². The normalized spacial score (nSPS) is 30.1. The first-order valence-electron chi connectivity index (χ1n) is 8.83. The summed E-state index contributed by atoms with van der Waals surface area (Å²) in [6, 6.07) is 0.818. The zero-order chi connectivity index (χ0) is 14.7. The van der Waals surface area contributed by atoms with Crippen LogP contribution in [0.2, 0.25) is 0 Å². The predicted octanol–water partition coefficient (Wildman–Crippen LogP) is 1.42. The lowest BCUT2D eigenvalue weighted by molar-refractivity contribution is -0.00242. The summed E-state index contributed by atoms with van der Waals surface area (Å²) < 4.78 is 5.62. The van der Waals surface area contributed by atoms with Gasteiger partial charge in [-0.15, -0.1) is 0 Å². The minimum absolute atomic E-state index is 0.445. The standard InChI is InChI=1S/C17H33N3O/c1-19-8-5-15(11-19)12-20(2)14-17(6-9-21-10-7-17)13-18-16-3-4-16/h15-16,18H,3-14H2,1-2H3. The van der Waals surface area contributed by atoms with Crippen LogP contribution in [0.5, 0.6) is 0 Å². The molecule has 3 rings (SSSR count). The molecule has 1 unspecified atom stereocenters.